The van der Waals surface area contributed by atoms with Crippen LogP contribution in [-0.2, 0) is 11.3 Å². The zero-order valence-corrected chi connectivity index (χ0v) is 9.80. The third-order valence-electron chi connectivity index (χ3n) is 4.03. The lowest BCUT2D eigenvalue weighted by Crippen LogP contribution is -2.26. The topological polar surface area (TPSA) is 54.9 Å². The molecular formula is C13H17N3O. The molecule has 2 saturated carbocycles. The molecule has 0 aromatic carbocycles. The number of fused-ring (bicyclic) bond motifs is 1. The number of aromatic nitrogens is 2. The zero-order chi connectivity index (χ0) is 11.7. The van der Waals surface area contributed by atoms with Gasteiger partial charge in [-0.3, -0.25) is 4.79 Å². The Morgan fingerprint density at radius 3 is 2.76 bits per heavy atom. The molecule has 2 atom stereocenters. The average Bonchev–Trinajstić information content (AvgIpc) is 3.11. The molecule has 1 N–H and O–H groups in total. The van der Waals surface area contributed by atoms with Gasteiger partial charge in [0.1, 0.15) is 0 Å². The summed E-state index contributed by atoms with van der Waals surface area (Å²) in [7, 11) is 0. The summed E-state index contributed by atoms with van der Waals surface area (Å²) >= 11 is 0. The summed E-state index contributed by atoms with van der Waals surface area (Å²) in [5.41, 5.74) is 0.824. The maximum atomic E-state index is 12.0. The number of hydrogen-bond donors (Lipinski definition) is 1. The van der Waals surface area contributed by atoms with Crippen LogP contribution in [0.25, 0.3) is 0 Å². The maximum Gasteiger partial charge on any atom is 0.224 e. The summed E-state index contributed by atoms with van der Waals surface area (Å²) in [5, 5.41) is 10.7. The van der Waals surface area contributed by atoms with Crippen LogP contribution in [0.3, 0.4) is 0 Å². The largest absolute Gasteiger partial charge is 0.350 e. The maximum absolute atomic E-state index is 12.0. The minimum atomic E-state index is 0.215. The van der Waals surface area contributed by atoms with E-state index in [-0.39, 0.29) is 11.8 Å². The molecule has 2 aliphatic carbocycles. The van der Waals surface area contributed by atoms with E-state index in [1.165, 1.54) is 25.7 Å². The molecule has 3 rings (SSSR count). The van der Waals surface area contributed by atoms with Crippen molar-refractivity contribution in [1.82, 2.24) is 15.5 Å². The lowest BCUT2D eigenvalue weighted by atomic mass is 10.0. The fourth-order valence-electron chi connectivity index (χ4n) is 3.10. The second-order valence-electron chi connectivity index (χ2n) is 5.07. The molecule has 1 heterocycles. The molecule has 1 aromatic rings. The molecular weight excluding hydrogens is 214 g/mol. The van der Waals surface area contributed by atoms with Crippen LogP contribution < -0.4 is 5.32 Å². The van der Waals surface area contributed by atoms with E-state index in [2.05, 4.69) is 15.5 Å². The van der Waals surface area contributed by atoms with Gasteiger partial charge in [-0.2, -0.15) is 10.2 Å². The van der Waals surface area contributed by atoms with E-state index in [9.17, 15) is 4.79 Å². The van der Waals surface area contributed by atoms with Crippen LogP contribution in [0.2, 0.25) is 0 Å². The number of carbonyl (C=O) groups excluding carboxylic acids is 1. The van der Waals surface area contributed by atoms with E-state index in [1.807, 2.05) is 12.1 Å². The van der Waals surface area contributed by atoms with Crippen molar-refractivity contribution in [2.45, 2.75) is 32.2 Å². The molecule has 0 radical (unpaired) electrons. The van der Waals surface area contributed by atoms with Crippen molar-refractivity contribution in [2.75, 3.05) is 0 Å². The van der Waals surface area contributed by atoms with Gasteiger partial charge in [-0.05, 0) is 36.8 Å². The molecule has 2 unspecified atom stereocenters. The van der Waals surface area contributed by atoms with Crippen LogP contribution >= 0.6 is 0 Å². The third-order valence-corrected chi connectivity index (χ3v) is 4.03. The molecule has 0 spiro atoms. The van der Waals surface area contributed by atoms with Gasteiger partial charge in [0.25, 0.3) is 0 Å². The summed E-state index contributed by atoms with van der Waals surface area (Å²) in [6, 6.07) is 3.72. The van der Waals surface area contributed by atoms with Gasteiger partial charge < -0.3 is 5.32 Å². The first-order chi connectivity index (χ1) is 8.36. The Morgan fingerprint density at radius 2 is 2.12 bits per heavy atom. The van der Waals surface area contributed by atoms with E-state index in [4.69, 9.17) is 0 Å². The SMILES string of the molecule is O=C(NCc1cccnn1)C1C2CCCCC21. The summed E-state index contributed by atoms with van der Waals surface area (Å²) in [4.78, 5) is 12.0. The lowest BCUT2D eigenvalue weighted by Gasteiger charge is -2.04. The predicted molar refractivity (Wildman–Crippen MR) is 62.8 cm³/mol. The fourth-order valence-corrected chi connectivity index (χ4v) is 3.10. The predicted octanol–water partition coefficient (Wildman–Crippen LogP) is 1.53. The number of amides is 1. The van der Waals surface area contributed by atoms with E-state index in [0.717, 1.165) is 5.69 Å². The standard InChI is InChI=1S/C13H17N3O/c17-13(12-10-5-1-2-6-11(10)12)14-8-9-4-3-7-15-16-9/h3-4,7,10-12H,1-2,5-6,8H2,(H,14,17). The monoisotopic (exact) mass is 231 g/mol. The summed E-state index contributed by atoms with van der Waals surface area (Å²) in [6.07, 6.45) is 6.73. The molecule has 4 heteroatoms. The van der Waals surface area contributed by atoms with Crippen LogP contribution in [0.1, 0.15) is 31.4 Å². The quantitative estimate of drug-likeness (QED) is 0.858. The Kier molecular flexibility index (Phi) is 2.79. The molecule has 0 aliphatic heterocycles. The molecule has 0 bridgehead atoms. The van der Waals surface area contributed by atoms with Crippen LogP contribution in [0.4, 0.5) is 0 Å². The first-order valence-electron chi connectivity index (χ1n) is 6.40. The first-order valence-corrected chi connectivity index (χ1v) is 6.40. The van der Waals surface area contributed by atoms with Crippen LogP contribution in [-0.4, -0.2) is 16.1 Å². The second-order valence-corrected chi connectivity index (χ2v) is 5.07. The molecule has 17 heavy (non-hydrogen) atoms. The minimum absolute atomic E-state index is 0.215. The fraction of sp³-hybridized carbons (Fsp3) is 0.615. The molecule has 1 amide bonds. The summed E-state index contributed by atoms with van der Waals surface area (Å²) < 4.78 is 0. The van der Waals surface area contributed by atoms with Crippen molar-refractivity contribution in [3.8, 4) is 0 Å². The van der Waals surface area contributed by atoms with E-state index >= 15 is 0 Å². The lowest BCUT2D eigenvalue weighted by molar-refractivity contribution is -0.123. The van der Waals surface area contributed by atoms with Gasteiger partial charge in [-0.15, -0.1) is 0 Å². The highest BCUT2D eigenvalue weighted by molar-refractivity contribution is 5.82. The Morgan fingerprint density at radius 1 is 1.35 bits per heavy atom. The summed E-state index contributed by atoms with van der Waals surface area (Å²) in [6.45, 7) is 0.503. The smallest absolute Gasteiger partial charge is 0.224 e. The highest BCUT2D eigenvalue weighted by Crippen LogP contribution is 2.55. The van der Waals surface area contributed by atoms with Crippen molar-refractivity contribution in [3.63, 3.8) is 0 Å². The van der Waals surface area contributed by atoms with Gasteiger partial charge in [0.05, 0.1) is 12.2 Å². The molecule has 4 nitrogen and oxygen atoms in total. The highest BCUT2D eigenvalue weighted by atomic mass is 16.2. The number of rotatable bonds is 3. The molecule has 2 aliphatic rings. The van der Waals surface area contributed by atoms with Crippen molar-refractivity contribution in [3.05, 3.63) is 24.0 Å². The van der Waals surface area contributed by atoms with Gasteiger partial charge in [-0.25, -0.2) is 0 Å². The van der Waals surface area contributed by atoms with E-state index in [1.54, 1.807) is 6.20 Å². The number of carbonyl (C=O) groups is 1. The zero-order valence-electron chi connectivity index (χ0n) is 9.80. The number of nitrogens with zero attached hydrogens (tertiary/aromatic N) is 2. The highest BCUT2D eigenvalue weighted by Gasteiger charge is 2.54. The van der Waals surface area contributed by atoms with Crippen LogP contribution in [0, 0.1) is 17.8 Å². The molecule has 0 saturated heterocycles. The van der Waals surface area contributed by atoms with Crippen molar-refractivity contribution >= 4 is 5.91 Å². The van der Waals surface area contributed by atoms with Crippen LogP contribution in [0.15, 0.2) is 18.3 Å². The van der Waals surface area contributed by atoms with Gasteiger partial charge in [0.15, 0.2) is 0 Å². The minimum Gasteiger partial charge on any atom is -0.350 e. The van der Waals surface area contributed by atoms with Crippen molar-refractivity contribution in [1.29, 1.82) is 0 Å². The van der Waals surface area contributed by atoms with Gasteiger partial charge in [0.2, 0.25) is 5.91 Å². The Hall–Kier alpha value is -1.45. The Labute approximate surface area is 101 Å². The van der Waals surface area contributed by atoms with E-state index in [0.29, 0.717) is 18.4 Å². The summed E-state index contributed by atoms with van der Waals surface area (Å²) in [5.74, 6) is 1.85. The number of hydrogen-bond acceptors (Lipinski definition) is 3. The van der Waals surface area contributed by atoms with Crippen LogP contribution in [0.5, 0.6) is 0 Å². The van der Waals surface area contributed by atoms with Crippen molar-refractivity contribution < 1.29 is 4.79 Å². The Balaban J connectivity index is 1.51. The molecule has 90 valence electrons. The molecule has 2 fully saturated rings. The average molecular weight is 231 g/mol. The second kappa shape index (κ2) is 4.43. The van der Waals surface area contributed by atoms with E-state index < -0.39 is 0 Å². The molecule has 1 aromatic heterocycles. The van der Waals surface area contributed by atoms with Crippen molar-refractivity contribution in [2.24, 2.45) is 17.8 Å². The first kappa shape index (κ1) is 10.7. The number of nitrogens with one attached hydrogen (secondary N) is 1. The Bertz CT molecular complexity index is 394. The third kappa shape index (κ3) is 2.16. The normalized spacial score (nSPS) is 30.5. The van der Waals surface area contributed by atoms with Gasteiger partial charge >= 0.3 is 0 Å². The van der Waals surface area contributed by atoms with Gasteiger partial charge in [-0.1, -0.05) is 12.8 Å². The van der Waals surface area contributed by atoms with Gasteiger partial charge in [0, 0.05) is 12.1 Å².